The van der Waals surface area contributed by atoms with Gasteiger partial charge in [0.2, 0.25) is 0 Å². The lowest BCUT2D eigenvalue weighted by Gasteiger charge is -2.18. The molecular weight excluding hydrogens is 290 g/mol. The lowest BCUT2D eigenvalue weighted by Crippen LogP contribution is -2.22. The van der Waals surface area contributed by atoms with E-state index in [1.165, 1.54) is 6.08 Å². The fourth-order valence-electron chi connectivity index (χ4n) is 1.71. The Kier molecular flexibility index (Phi) is 4.43. The third kappa shape index (κ3) is 4.43. The monoisotopic (exact) mass is 305 g/mol. The normalized spacial score (nSPS) is 11.8. The molecule has 0 spiro atoms. The molecule has 5 nitrogen and oxygen atoms in total. The summed E-state index contributed by atoms with van der Waals surface area (Å²) in [5, 5.41) is 8.12. The minimum absolute atomic E-state index is 0.405. The van der Waals surface area contributed by atoms with E-state index in [2.05, 4.69) is 10.2 Å². The predicted molar refractivity (Wildman–Crippen MR) is 81.2 cm³/mol. The van der Waals surface area contributed by atoms with Gasteiger partial charge < -0.3 is 4.74 Å². The Balaban J connectivity index is 2.27. The van der Waals surface area contributed by atoms with Gasteiger partial charge in [0.25, 0.3) is 0 Å². The van der Waals surface area contributed by atoms with Gasteiger partial charge in [-0.2, -0.15) is 0 Å². The molecule has 0 aliphatic rings. The van der Waals surface area contributed by atoms with Gasteiger partial charge in [0.1, 0.15) is 18.3 Å². The summed E-state index contributed by atoms with van der Waals surface area (Å²) >= 11 is 6.01. The van der Waals surface area contributed by atoms with Gasteiger partial charge in [0, 0.05) is 16.7 Å². The highest BCUT2D eigenvalue weighted by Crippen LogP contribution is 2.21. The molecule has 0 aliphatic heterocycles. The van der Waals surface area contributed by atoms with Crippen LogP contribution in [-0.2, 0) is 9.53 Å². The van der Waals surface area contributed by atoms with Crippen molar-refractivity contribution in [3.63, 3.8) is 0 Å². The van der Waals surface area contributed by atoms with Gasteiger partial charge in [-0.25, -0.2) is 4.79 Å². The van der Waals surface area contributed by atoms with Crippen LogP contribution in [0.5, 0.6) is 0 Å². The summed E-state index contributed by atoms with van der Waals surface area (Å²) in [4.78, 5) is 11.7. The third-order valence-electron chi connectivity index (χ3n) is 2.49. The minimum atomic E-state index is -0.521. The molecule has 2 aromatic rings. The number of nitrogens with zero attached hydrogens (tertiary/aromatic N) is 3. The van der Waals surface area contributed by atoms with Crippen molar-refractivity contribution in [3.8, 4) is 5.69 Å². The molecule has 6 heteroatoms. The first-order chi connectivity index (χ1) is 9.85. The minimum Gasteiger partial charge on any atom is -0.457 e. The Morgan fingerprint density at radius 2 is 1.95 bits per heavy atom. The lowest BCUT2D eigenvalue weighted by atomic mass is 10.1. The molecule has 0 bridgehead atoms. The summed E-state index contributed by atoms with van der Waals surface area (Å²) < 4.78 is 6.97. The second kappa shape index (κ2) is 6.10. The van der Waals surface area contributed by atoms with Crippen LogP contribution < -0.4 is 0 Å². The van der Waals surface area contributed by atoms with Gasteiger partial charge in [-0.15, -0.1) is 10.2 Å². The highest BCUT2D eigenvalue weighted by atomic mass is 35.5. The highest BCUT2D eigenvalue weighted by molar-refractivity contribution is 6.30. The van der Waals surface area contributed by atoms with E-state index in [1.54, 1.807) is 35.4 Å². The van der Waals surface area contributed by atoms with Gasteiger partial charge in [-0.1, -0.05) is 11.6 Å². The van der Waals surface area contributed by atoms with E-state index < -0.39 is 11.6 Å². The first-order valence-electron chi connectivity index (χ1n) is 6.41. The van der Waals surface area contributed by atoms with Crippen LogP contribution in [-0.4, -0.2) is 26.3 Å². The van der Waals surface area contributed by atoms with Gasteiger partial charge in [-0.05, 0) is 45.0 Å². The smallest absolute Gasteiger partial charge is 0.331 e. The van der Waals surface area contributed by atoms with E-state index >= 15 is 0 Å². The van der Waals surface area contributed by atoms with Crippen LogP contribution in [0.15, 0.2) is 36.9 Å². The number of carbonyl (C=O) groups is 1. The number of esters is 1. The Morgan fingerprint density at radius 3 is 2.57 bits per heavy atom. The quantitative estimate of drug-likeness (QED) is 0.645. The molecule has 21 heavy (non-hydrogen) atoms. The van der Waals surface area contributed by atoms with Crippen molar-refractivity contribution in [1.82, 2.24) is 14.8 Å². The largest absolute Gasteiger partial charge is 0.457 e. The number of hydrogen-bond donors (Lipinski definition) is 0. The van der Waals surface area contributed by atoms with E-state index in [1.807, 2.05) is 26.8 Å². The molecule has 110 valence electrons. The zero-order valence-corrected chi connectivity index (χ0v) is 12.8. The van der Waals surface area contributed by atoms with E-state index in [9.17, 15) is 4.79 Å². The second-order valence-electron chi connectivity index (χ2n) is 5.44. The van der Waals surface area contributed by atoms with Crippen molar-refractivity contribution in [1.29, 1.82) is 0 Å². The summed E-state index contributed by atoms with van der Waals surface area (Å²) in [7, 11) is 0. The third-order valence-corrected chi connectivity index (χ3v) is 2.73. The van der Waals surface area contributed by atoms with Gasteiger partial charge >= 0.3 is 5.97 Å². The van der Waals surface area contributed by atoms with Crippen LogP contribution in [0.25, 0.3) is 11.8 Å². The lowest BCUT2D eigenvalue weighted by molar-refractivity contribution is -0.148. The molecule has 0 aliphatic carbocycles. The van der Waals surface area contributed by atoms with Gasteiger partial charge in [-0.3, -0.25) is 4.57 Å². The molecule has 0 atom stereocenters. The predicted octanol–water partition coefficient (Wildman–Crippen LogP) is 3.28. The maximum Gasteiger partial charge on any atom is 0.331 e. The summed E-state index contributed by atoms with van der Waals surface area (Å²) in [6.45, 7) is 5.46. The van der Waals surface area contributed by atoms with E-state index in [0.29, 0.717) is 5.02 Å². The second-order valence-corrected chi connectivity index (χ2v) is 5.88. The summed E-state index contributed by atoms with van der Waals surface area (Å²) in [5.41, 5.74) is 1.07. The van der Waals surface area contributed by atoms with Gasteiger partial charge in [0.15, 0.2) is 0 Å². The highest BCUT2D eigenvalue weighted by Gasteiger charge is 2.14. The van der Waals surface area contributed by atoms with Gasteiger partial charge in [0.05, 0.1) is 5.69 Å². The number of halogens is 1. The maximum atomic E-state index is 11.7. The van der Waals surface area contributed by atoms with Crippen molar-refractivity contribution in [2.75, 3.05) is 0 Å². The number of hydrogen-bond acceptors (Lipinski definition) is 4. The number of benzene rings is 1. The average Bonchev–Trinajstić information content (AvgIpc) is 2.88. The van der Waals surface area contributed by atoms with Crippen LogP contribution in [0, 0.1) is 0 Å². The molecule has 1 heterocycles. The van der Waals surface area contributed by atoms with Crippen molar-refractivity contribution in [3.05, 3.63) is 47.5 Å². The zero-order chi connectivity index (χ0) is 15.5. The maximum absolute atomic E-state index is 11.7. The summed E-state index contributed by atoms with van der Waals surface area (Å²) in [6.07, 6.45) is 6.20. The molecule has 1 aromatic carbocycles. The first kappa shape index (κ1) is 15.3. The number of aromatic nitrogens is 3. The number of carbonyl (C=O) groups excluding carboxylic acids is 1. The standard InChI is InChI=1S/C15H16ClN3O2/c1-15(2,3)21-14(20)7-4-11-8-12(16)5-6-13(11)19-9-17-18-10-19/h4-10H,1-3H3. The number of ether oxygens (including phenoxy) is 1. The van der Waals surface area contributed by atoms with Crippen molar-refractivity contribution >= 4 is 23.6 Å². The Hall–Kier alpha value is -2.14. The number of rotatable bonds is 3. The van der Waals surface area contributed by atoms with E-state index in [0.717, 1.165) is 11.3 Å². The summed E-state index contributed by atoms with van der Waals surface area (Å²) in [6, 6.07) is 5.36. The van der Waals surface area contributed by atoms with Crippen LogP contribution >= 0.6 is 11.6 Å². The Morgan fingerprint density at radius 1 is 1.29 bits per heavy atom. The summed E-state index contributed by atoms with van der Waals surface area (Å²) in [5.74, 6) is -0.405. The molecule has 1 aromatic heterocycles. The SMILES string of the molecule is CC(C)(C)OC(=O)C=Cc1cc(Cl)ccc1-n1cnnc1. The van der Waals surface area contributed by atoms with Crippen molar-refractivity contribution < 1.29 is 9.53 Å². The topological polar surface area (TPSA) is 57.0 Å². The molecule has 2 rings (SSSR count). The molecule has 0 radical (unpaired) electrons. The molecule has 0 N–H and O–H groups in total. The van der Waals surface area contributed by atoms with Crippen molar-refractivity contribution in [2.45, 2.75) is 26.4 Å². The van der Waals surface area contributed by atoms with Crippen LogP contribution in [0.3, 0.4) is 0 Å². The van der Waals surface area contributed by atoms with Crippen LogP contribution in [0.2, 0.25) is 5.02 Å². The van der Waals surface area contributed by atoms with E-state index in [4.69, 9.17) is 16.3 Å². The Bertz CT molecular complexity index is 658. The Labute approximate surface area is 128 Å². The first-order valence-corrected chi connectivity index (χ1v) is 6.78. The molecule has 0 unspecified atom stereocenters. The molecule has 0 saturated heterocycles. The molecular formula is C15H16ClN3O2. The van der Waals surface area contributed by atoms with E-state index in [-0.39, 0.29) is 0 Å². The van der Waals surface area contributed by atoms with Crippen LogP contribution in [0.4, 0.5) is 0 Å². The van der Waals surface area contributed by atoms with Crippen LogP contribution in [0.1, 0.15) is 26.3 Å². The fourth-order valence-corrected chi connectivity index (χ4v) is 1.89. The zero-order valence-electron chi connectivity index (χ0n) is 12.1. The molecule has 0 saturated carbocycles. The average molecular weight is 306 g/mol. The fraction of sp³-hybridized carbons (Fsp3) is 0.267. The molecule has 0 fully saturated rings. The van der Waals surface area contributed by atoms with Crippen molar-refractivity contribution in [2.24, 2.45) is 0 Å². The molecule has 0 amide bonds.